The molecule has 0 aliphatic rings. The van der Waals surface area contributed by atoms with Crippen molar-refractivity contribution < 1.29 is 22.7 Å². The highest BCUT2D eigenvalue weighted by molar-refractivity contribution is 7.89. The van der Waals surface area contributed by atoms with Gasteiger partial charge in [0.2, 0.25) is 15.9 Å². The van der Waals surface area contributed by atoms with Crippen molar-refractivity contribution in [1.29, 1.82) is 0 Å². The zero-order chi connectivity index (χ0) is 22.9. The number of ether oxygens (including phenoxy) is 2. The zero-order valence-corrected chi connectivity index (χ0v) is 19.5. The lowest BCUT2D eigenvalue weighted by atomic mass is 10.1. The molecular formula is C22H29ClN2O5S. The SMILES string of the molecule is COc1ccc(S(=O)(=O)N[C@@H](Cc2ccccc2)C(=O)NCCCOC(C)C)cc1Cl. The third kappa shape index (κ3) is 8.14. The van der Waals surface area contributed by atoms with Crippen LogP contribution >= 0.6 is 11.6 Å². The molecule has 0 unspecified atom stereocenters. The van der Waals surface area contributed by atoms with Crippen LogP contribution in [0.1, 0.15) is 25.8 Å². The van der Waals surface area contributed by atoms with Crippen LogP contribution in [0.25, 0.3) is 0 Å². The second kappa shape index (κ2) is 12.0. The topological polar surface area (TPSA) is 93.7 Å². The molecule has 170 valence electrons. The molecule has 9 heteroatoms. The molecule has 0 aromatic heterocycles. The summed E-state index contributed by atoms with van der Waals surface area (Å²) in [6, 6.07) is 12.4. The molecular weight excluding hydrogens is 440 g/mol. The molecule has 1 amide bonds. The number of carbonyl (C=O) groups is 1. The molecule has 2 rings (SSSR count). The summed E-state index contributed by atoms with van der Waals surface area (Å²) in [5.41, 5.74) is 0.834. The predicted octanol–water partition coefficient (Wildman–Crippen LogP) is 3.17. The molecule has 0 fully saturated rings. The van der Waals surface area contributed by atoms with E-state index in [4.69, 9.17) is 21.1 Å². The van der Waals surface area contributed by atoms with E-state index >= 15 is 0 Å². The number of halogens is 1. The van der Waals surface area contributed by atoms with Gasteiger partial charge in [-0.15, -0.1) is 0 Å². The fraction of sp³-hybridized carbons (Fsp3) is 0.409. The molecule has 0 heterocycles. The Morgan fingerprint density at radius 1 is 1.13 bits per heavy atom. The minimum atomic E-state index is -3.99. The average molecular weight is 469 g/mol. The number of hydrogen-bond acceptors (Lipinski definition) is 5. The number of nitrogens with one attached hydrogen (secondary N) is 2. The van der Waals surface area contributed by atoms with Crippen LogP contribution in [0.5, 0.6) is 5.75 Å². The highest BCUT2D eigenvalue weighted by Gasteiger charge is 2.26. The van der Waals surface area contributed by atoms with Crippen molar-refractivity contribution in [2.45, 2.75) is 43.7 Å². The van der Waals surface area contributed by atoms with Crippen molar-refractivity contribution in [1.82, 2.24) is 10.0 Å². The lowest BCUT2D eigenvalue weighted by molar-refractivity contribution is -0.122. The Morgan fingerprint density at radius 3 is 2.45 bits per heavy atom. The van der Waals surface area contributed by atoms with E-state index in [9.17, 15) is 13.2 Å². The summed E-state index contributed by atoms with van der Waals surface area (Å²) < 4.78 is 38.9. The van der Waals surface area contributed by atoms with Gasteiger partial charge in [0.1, 0.15) is 11.8 Å². The molecule has 0 bridgehead atoms. The number of methoxy groups -OCH3 is 1. The highest BCUT2D eigenvalue weighted by Crippen LogP contribution is 2.27. The molecule has 2 aromatic rings. The number of rotatable bonds is 12. The molecule has 0 aliphatic carbocycles. The Hall–Kier alpha value is -2.13. The quantitative estimate of drug-likeness (QED) is 0.467. The normalized spacial score (nSPS) is 12.5. The number of sulfonamides is 1. The second-order valence-electron chi connectivity index (χ2n) is 7.22. The standard InChI is InChI=1S/C22H29ClN2O5S/c1-16(2)30-13-7-12-24-22(26)20(14-17-8-5-4-6-9-17)25-31(27,28)18-10-11-21(29-3)19(23)15-18/h4-6,8-11,15-16,20,25H,7,12-14H2,1-3H3,(H,24,26)/t20-/m0/s1. The Kier molecular flexibility index (Phi) is 9.77. The molecule has 0 radical (unpaired) electrons. The summed E-state index contributed by atoms with van der Waals surface area (Å²) in [6.07, 6.45) is 0.950. The molecule has 7 nitrogen and oxygen atoms in total. The van der Waals surface area contributed by atoms with Crippen LogP contribution in [-0.2, 0) is 26.0 Å². The zero-order valence-electron chi connectivity index (χ0n) is 17.9. The first kappa shape index (κ1) is 25.1. The first-order chi connectivity index (χ1) is 14.7. The monoisotopic (exact) mass is 468 g/mol. The van der Waals surface area contributed by atoms with Gasteiger partial charge >= 0.3 is 0 Å². The summed E-state index contributed by atoms with van der Waals surface area (Å²) in [7, 11) is -2.55. The van der Waals surface area contributed by atoms with E-state index in [1.165, 1.54) is 25.3 Å². The Morgan fingerprint density at radius 2 is 1.84 bits per heavy atom. The molecule has 31 heavy (non-hydrogen) atoms. The third-order valence-corrected chi connectivity index (χ3v) is 6.17. The van der Waals surface area contributed by atoms with Crippen LogP contribution in [0.15, 0.2) is 53.4 Å². The fourth-order valence-electron chi connectivity index (χ4n) is 2.83. The molecule has 2 N–H and O–H groups in total. The summed E-state index contributed by atoms with van der Waals surface area (Å²) in [5.74, 6) is -0.0422. The minimum Gasteiger partial charge on any atom is -0.495 e. The summed E-state index contributed by atoms with van der Waals surface area (Å²) in [5, 5.41) is 2.95. The second-order valence-corrected chi connectivity index (χ2v) is 9.35. The van der Waals surface area contributed by atoms with Gasteiger partial charge in [0.15, 0.2) is 0 Å². The van der Waals surface area contributed by atoms with Crippen LogP contribution in [-0.4, -0.2) is 46.7 Å². The first-order valence-corrected chi connectivity index (χ1v) is 11.9. The highest BCUT2D eigenvalue weighted by atomic mass is 35.5. The molecule has 0 spiro atoms. The van der Waals surface area contributed by atoms with Crippen molar-refractivity contribution in [3.63, 3.8) is 0 Å². The van der Waals surface area contributed by atoms with Crippen molar-refractivity contribution in [3.05, 3.63) is 59.1 Å². The van der Waals surface area contributed by atoms with Gasteiger partial charge in [-0.05, 0) is 50.5 Å². The summed E-state index contributed by atoms with van der Waals surface area (Å²) >= 11 is 6.08. The Balaban J connectivity index is 2.13. The summed E-state index contributed by atoms with van der Waals surface area (Å²) in [4.78, 5) is 12.7. The van der Waals surface area contributed by atoms with Gasteiger partial charge in [0.05, 0.1) is 23.1 Å². The van der Waals surface area contributed by atoms with Gasteiger partial charge in [-0.1, -0.05) is 41.9 Å². The van der Waals surface area contributed by atoms with E-state index in [2.05, 4.69) is 10.0 Å². The van der Waals surface area contributed by atoms with E-state index in [0.29, 0.717) is 25.3 Å². The number of amides is 1. The van der Waals surface area contributed by atoms with Gasteiger partial charge in [-0.25, -0.2) is 8.42 Å². The van der Waals surface area contributed by atoms with Crippen molar-refractivity contribution in [3.8, 4) is 5.75 Å². The van der Waals surface area contributed by atoms with Gasteiger partial charge < -0.3 is 14.8 Å². The number of benzene rings is 2. The molecule has 2 aromatic carbocycles. The average Bonchev–Trinajstić information content (AvgIpc) is 2.73. The van der Waals surface area contributed by atoms with Crippen LogP contribution in [0, 0.1) is 0 Å². The van der Waals surface area contributed by atoms with Crippen molar-refractivity contribution >= 4 is 27.5 Å². The number of hydrogen-bond donors (Lipinski definition) is 2. The van der Waals surface area contributed by atoms with Gasteiger partial charge in [0, 0.05) is 13.2 Å². The van der Waals surface area contributed by atoms with Crippen LogP contribution in [0.4, 0.5) is 0 Å². The van der Waals surface area contributed by atoms with Crippen LogP contribution in [0.3, 0.4) is 0 Å². The third-order valence-electron chi connectivity index (χ3n) is 4.40. The maximum absolute atomic E-state index is 12.9. The maximum Gasteiger partial charge on any atom is 0.241 e. The summed E-state index contributed by atoms with van der Waals surface area (Å²) in [6.45, 7) is 4.77. The van der Waals surface area contributed by atoms with E-state index in [0.717, 1.165) is 5.56 Å². The lowest BCUT2D eigenvalue weighted by Gasteiger charge is -2.19. The van der Waals surface area contributed by atoms with Crippen LogP contribution < -0.4 is 14.8 Å². The smallest absolute Gasteiger partial charge is 0.241 e. The molecule has 0 saturated carbocycles. The van der Waals surface area contributed by atoms with Crippen LogP contribution in [0.2, 0.25) is 5.02 Å². The van der Waals surface area contributed by atoms with E-state index in [1.54, 1.807) is 0 Å². The fourth-order valence-corrected chi connectivity index (χ4v) is 4.38. The maximum atomic E-state index is 12.9. The molecule has 1 atom stereocenters. The predicted molar refractivity (Wildman–Crippen MR) is 121 cm³/mol. The van der Waals surface area contributed by atoms with Gasteiger partial charge in [0.25, 0.3) is 0 Å². The van der Waals surface area contributed by atoms with E-state index in [-0.39, 0.29) is 22.4 Å². The largest absolute Gasteiger partial charge is 0.495 e. The Bertz CT molecular complexity index is 952. The molecule has 0 saturated heterocycles. The first-order valence-electron chi connectivity index (χ1n) is 10.0. The number of carbonyl (C=O) groups excluding carboxylic acids is 1. The van der Waals surface area contributed by atoms with Crippen molar-refractivity contribution in [2.75, 3.05) is 20.3 Å². The Labute approximate surface area is 189 Å². The minimum absolute atomic E-state index is 0.0468. The van der Waals surface area contributed by atoms with E-state index < -0.39 is 22.0 Å². The lowest BCUT2D eigenvalue weighted by Crippen LogP contribution is -2.48. The van der Waals surface area contributed by atoms with Gasteiger partial charge in [-0.2, -0.15) is 4.72 Å². The van der Waals surface area contributed by atoms with E-state index in [1.807, 2.05) is 44.2 Å². The van der Waals surface area contributed by atoms with Gasteiger partial charge in [-0.3, -0.25) is 4.79 Å². The van der Waals surface area contributed by atoms with Crippen molar-refractivity contribution in [2.24, 2.45) is 0 Å². The molecule has 0 aliphatic heterocycles.